The molecule has 0 saturated carbocycles. The first-order chi connectivity index (χ1) is 6.81. The number of hydrogen-bond acceptors (Lipinski definition) is 2. The molecule has 0 heterocycles. The van der Waals surface area contributed by atoms with E-state index in [1.807, 2.05) is 0 Å². The molecule has 0 bridgehead atoms. The summed E-state index contributed by atoms with van der Waals surface area (Å²) in [6.45, 7) is 6.77. The van der Waals surface area contributed by atoms with Crippen molar-refractivity contribution in [2.75, 3.05) is 0 Å². The van der Waals surface area contributed by atoms with Gasteiger partial charge in [0.15, 0.2) is 9.84 Å². The predicted molar refractivity (Wildman–Crippen MR) is 62.9 cm³/mol. The van der Waals surface area contributed by atoms with Gasteiger partial charge in [-0.05, 0) is 38.1 Å². The van der Waals surface area contributed by atoms with Crippen LogP contribution in [0.2, 0.25) is 5.02 Å². The maximum absolute atomic E-state index is 12.1. The average molecular weight is 245 g/mol. The van der Waals surface area contributed by atoms with Crippen LogP contribution >= 0.6 is 11.6 Å². The van der Waals surface area contributed by atoms with E-state index in [-0.39, 0.29) is 4.90 Å². The van der Waals surface area contributed by atoms with Crippen molar-refractivity contribution in [3.05, 3.63) is 41.9 Å². The van der Waals surface area contributed by atoms with Gasteiger partial charge in [0.05, 0.1) is 9.64 Å². The Labute approximate surface area is 95.5 Å². The smallest absolute Gasteiger partial charge is 0.187 e. The molecule has 0 atom stereocenters. The first kappa shape index (κ1) is 12.3. The summed E-state index contributed by atoms with van der Waals surface area (Å²) in [6, 6.07) is 6.13. The summed E-state index contributed by atoms with van der Waals surface area (Å²) in [5.41, 5.74) is 0. The van der Waals surface area contributed by atoms with E-state index in [1.165, 1.54) is 18.2 Å². The number of halogens is 1. The van der Waals surface area contributed by atoms with Crippen molar-refractivity contribution in [1.29, 1.82) is 0 Å². The van der Waals surface area contributed by atoms with Gasteiger partial charge in [0, 0.05) is 5.02 Å². The zero-order chi connectivity index (χ0) is 11.7. The van der Waals surface area contributed by atoms with Gasteiger partial charge in [-0.15, -0.1) is 6.58 Å². The molecule has 0 unspecified atom stereocenters. The second kappa shape index (κ2) is 3.99. The third-order valence-corrected chi connectivity index (χ3v) is 5.00. The van der Waals surface area contributed by atoms with Crippen molar-refractivity contribution in [3.63, 3.8) is 0 Å². The van der Waals surface area contributed by atoms with Crippen molar-refractivity contribution in [1.82, 2.24) is 0 Å². The molecule has 0 aromatic heterocycles. The zero-order valence-electron chi connectivity index (χ0n) is 8.70. The molecule has 82 valence electrons. The average Bonchev–Trinajstić information content (AvgIpc) is 2.18. The molecule has 15 heavy (non-hydrogen) atoms. The molecular weight excluding hydrogens is 232 g/mol. The van der Waals surface area contributed by atoms with Crippen LogP contribution in [0.25, 0.3) is 0 Å². The fourth-order valence-electron chi connectivity index (χ4n) is 1.03. The summed E-state index contributed by atoms with van der Waals surface area (Å²) >= 11 is 5.69. The van der Waals surface area contributed by atoms with Crippen molar-refractivity contribution in [3.8, 4) is 0 Å². The van der Waals surface area contributed by atoms with Gasteiger partial charge in [0.1, 0.15) is 0 Å². The third-order valence-electron chi connectivity index (χ3n) is 2.31. The molecule has 0 N–H and O–H groups in total. The highest BCUT2D eigenvalue weighted by molar-refractivity contribution is 7.93. The summed E-state index contributed by atoms with van der Waals surface area (Å²) in [7, 11) is -3.38. The molecular formula is C11H13ClO2S. The van der Waals surface area contributed by atoms with Gasteiger partial charge < -0.3 is 0 Å². The van der Waals surface area contributed by atoms with Crippen LogP contribution in [-0.4, -0.2) is 13.2 Å². The van der Waals surface area contributed by atoms with Crippen LogP contribution in [0, 0.1) is 0 Å². The monoisotopic (exact) mass is 244 g/mol. The fraction of sp³-hybridized carbons (Fsp3) is 0.273. The number of hydrogen-bond donors (Lipinski definition) is 0. The van der Waals surface area contributed by atoms with Crippen molar-refractivity contribution in [2.45, 2.75) is 23.5 Å². The van der Waals surface area contributed by atoms with Crippen molar-refractivity contribution < 1.29 is 8.42 Å². The molecule has 1 rings (SSSR count). The molecule has 1 aromatic carbocycles. The Morgan fingerprint density at radius 3 is 2.13 bits per heavy atom. The van der Waals surface area contributed by atoms with Gasteiger partial charge in [-0.25, -0.2) is 8.42 Å². The fourth-order valence-corrected chi connectivity index (χ4v) is 2.47. The van der Waals surface area contributed by atoms with Crippen molar-refractivity contribution >= 4 is 21.4 Å². The Morgan fingerprint density at radius 1 is 1.27 bits per heavy atom. The minimum atomic E-state index is -3.38. The Bertz CT molecular complexity index is 458. The van der Waals surface area contributed by atoms with Gasteiger partial charge in [0.25, 0.3) is 0 Å². The van der Waals surface area contributed by atoms with Crippen LogP contribution in [0.3, 0.4) is 0 Å². The second-order valence-electron chi connectivity index (χ2n) is 3.76. The van der Waals surface area contributed by atoms with E-state index in [2.05, 4.69) is 6.58 Å². The summed E-state index contributed by atoms with van der Waals surface area (Å²) in [4.78, 5) is 0.261. The highest BCUT2D eigenvalue weighted by Gasteiger charge is 2.32. The molecule has 4 heteroatoms. The Hall–Kier alpha value is -0.800. The number of benzene rings is 1. The lowest BCUT2D eigenvalue weighted by Crippen LogP contribution is -2.29. The van der Waals surface area contributed by atoms with Crippen LogP contribution in [-0.2, 0) is 9.84 Å². The second-order valence-corrected chi connectivity index (χ2v) is 6.73. The van der Waals surface area contributed by atoms with Crippen LogP contribution in [0.15, 0.2) is 41.8 Å². The van der Waals surface area contributed by atoms with E-state index in [4.69, 9.17) is 11.6 Å². The molecule has 0 aliphatic rings. The highest BCUT2D eigenvalue weighted by Crippen LogP contribution is 2.26. The lowest BCUT2D eigenvalue weighted by Gasteiger charge is -2.20. The number of sulfone groups is 1. The maximum Gasteiger partial charge on any atom is 0.187 e. The van der Waals surface area contributed by atoms with Crippen LogP contribution in [0.4, 0.5) is 0 Å². The van der Waals surface area contributed by atoms with E-state index >= 15 is 0 Å². The molecule has 1 aromatic rings. The zero-order valence-corrected chi connectivity index (χ0v) is 10.3. The predicted octanol–water partition coefficient (Wildman–Crippen LogP) is 3.08. The maximum atomic E-state index is 12.1. The standard InChI is InChI=1S/C11H13ClO2S/c1-4-11(2,3)15(13,14)10-7-5-9(12)6-8-10/h4-8H,1H2,2-3H3. The van der Waals surface area contributed by atoms with E-state index in [0.29, 0.717) is 5.02 Å². The highest BCUT2D eigenvalue weighted by atomic mass is 35.5. The van der Waals surface area contributed by atoms with Crippen LogP contribution in [0.1, 0.15) is 13.8 Å². The topological polar surface area (TPSA) is 34.1 Å². The van der Waals surface area contributed by atoms with Gasteiger partial charge in [-0.2, -0.15) is 0 Å². The quantitative estimate of drug-likeness (QED) is 0.766. The summed E-state index contributed by atoms with van der Waals surface area (Å²) in [5, 5.41) is 0.519. The summed E-state index contributed by atoms with van der Waals surface area (Å²) in [6.07, 6.45) is 1.43. The van der Waals surface area contributed by atoms with E-state index in [0.717, 1.165) is 0 Å². The molecule has 2 nitrogen and oxygen atoms in total. The van der Waals surface area contributed by atoms with Gasteiger partial charge in [0.2, 0.25) is 0 Å². The largest absolute Gasteiger partial charge is 0.223 e. The van der Waals surface area contributed by atoms with Gasteiger partial charge in [-0.3, -0.25) is 0 Å². The minimum absolute atomic E-state index is 0.261. The van der Waals surface area contributed by atoms with Crippen LogP contribution < -0.4 is 0 Å². The molecule has 0 radical (unpaired) electrons. The first-order valence-electron chi connectivity index (χ1n) is 4.45. The molecule has 0 spiro atoms. The normalized spacial score (nSPS) is 12.5. The van der Waals surface area contributed by atoms with Gasteiger partial charge in [-0.1, -0.05) is 17.7 Å². The van der Waals surface area contributed by atoms with E-state index in [9.17, 15) is 8.42 Å². The first-order valence-corrected chi connectivity index (χ1v) is 6.31. The molecule has 0 saturated heterocycles. The molecule has 0 aliphatic heterocycles. The molecule has 0 fully saturated rings. The lowest BCUT2D eigenvalue weighted by molar-refractivity contribution is 0.572. The van der Waals surface area contributed by atoms with Crippen molar-refractivity contribution in [2.24, 2.45) is 0 Å². The van der Waals surface area contributed by atoms with Gasteiger partial charge >= 0.3 is 0 Å². The molecule has 0 amide bonds. The molecule has 0 aliphatic carbocycles. The van der Waals surface area contributed by atoms with Crippen LogP contribution in [0.5, 0.6) is 0 Å². The minimum Gasteiger partial charge on any atom is -0.223 e. The Balaban J connectivity index is 3.30. The summed E-state index contributed by atoms with van der Waals surface area (Å²) in [5.74, 6) is 0. The van der Waals surface area contributed by atoms with E-state index < -0.39 is 14.6 Å². The summed E-state index contributed by atoms with van der Waals surface area (Å²) < 4.78 is 23.2. The lowest BCUT2D eigenvalue weighted by atomic mass is 10.2. The Morgan fingerprint density at radius 2 is 1.73 bits per heavy atom. The van der Waals surface area contributed by atoms with E-state index in [1.54, 1.807) is 26.0 Å². The third kappa shape index (κ3) is 2.24. The SMILES string of the molecule is C=CC(C)(C)S(=O)(=O)c1ccc(Cl)cc1. The number of rotatable bonds is 3. The Kier molecular flexibility index (Phi) is 3.26.